The number of hydrogen-bond acceptors (Lipinski definition) is 5. The Balaban J connectivity index is 1.73. The molecule has 1 aliphatic carbocycles. The summed E-state index contributed by atoms with van der Waals surface area (Å²) in [6.07, 6.45) is 6.64. The van der Waals surface area contributed by atoms with Crippen molar-refractivity contribution in [1.29, 1.82) is 0 Å². The van der Waals surface area contributed by atoms with Crippen LogP contribution in [0.15, 0.2) is 19.7 Å². The third kappa shape index (κ3) is 5.92. The number of halogens is 2. The summed E-state index contributed by atoms with van der Waals surface area (Å²) < 4.78 is 15.0. The Morgan fingerprint density at radius 2 is 1.18 bits per heavy atom. The molecule has 1 aliphatic rings. The molecule has 0 unspecified atom stereocenters. The van der Waals surface area contributed by atoms with E-state index >= 15 is 0 Å². The van der Waals surface area contributed by atoms with Crippen molar-refractivity contribution >= 4 is 65.9 Å². The Morgan fingerprint density at radius 3 is 1.53 bits per heavy atom. The van der Waals surface area contributed by atoms with Crippen molar-refractivity contribution in [2.24, 2.45) is 5.41 Å². The standard InChI is InChI=1S/C27H34Br2O2S3/c1-5-7-9-30-15-27(16-31-10-8-6-2)13-19-20(14-27)26(24-18(4)12-22(29)33-24)34-25(19)23-17(3)11-21(28)32-23/h11-12H,5-10,13-16H2,1-4H3. The highest BCUT2D eigenvalue weighted by Crippen LogP contribution is 2.55. The molecule has 0 radical (unpaired) electrons. The van der Waals surface area contributed by atoms with Crippen molar-refractivity contribution in [2.75, 3.05) is 26.4 Å². The molecule has 0 N–H and O–H groups in total. The average molecular weight is 647 g/mol. The van der Waals surface area contributed by atoms with Crippen molar-refractivity contribution < 1.29 is 9.47 Å². The van der Waals surface area contributed by atoms with Gasteiger partial charge in [0.25, 0.3) is 0 Å². The largest absolute Gasteiger partial charge is 0.381 e. The fraction of sp³-hybridized carbons (Fsp3) is 0.556. The average Bonchev–Trinajstić information content (AvgIpc) is 3.51. The van der Waals surface area contributed by atoms with Gasteiger partial charge in [-0.15, -0.1) is 34.0 Å². The van der Waals surface area contributed by atoms with E-state index in [2.05, 4.69) is 71.7 Å². The number of thiophene rings is 3. The molecule has 3 aromatic rings. The summed E-state index contributed by atoms with van der Waals surface area (Å²) >= 11 is 13.2. The maximum Gasteiger partial charge on any atom is 0.0708 e. The quantitative estimate of drug-likeness (QED) is 0.182. The van der Waals surface area contributed by atoms with Gasteiger partial charge in [0.05, 0.1) is 20.8 Å². The van der Waals surface area contributed by atoms with Crippen LogP contribution in [0.25, 0.3) is 19.5 Å². The van der Waals surface area contributed by atoms with Gasteiger partial charge in [0.2, 0.25) is 0 Å². The molecule has 0 amide bonds. The van der Waals surface area contributed by atoms with Gasteiger partial charge in [0.15, 0.2) is 0 Å². The molecule has 0 atom stereocenters. The Kier molecular flexibility index (Phi) is 9.55. The number of unbranched alkanes of at least 4 members (excludes halogenated alkanes) is 2. The highest BCUT2D eigenvalue weighted by Gasteiger charge is 2.42. The molecule has 7 heteroatoms. The summed E-state index contributed by atoms with van der Waals surface area (Å²) in [5, 5.41) is 0. The molecule has 186 valence electrons. The lowest BCUT2D eigenvalue weighted by atomic mass is 9.86. The number of ether oxygens (including phenoxy) is 2. The molecule has 4 rings (SSSR count). The van der Waals surface area contributed by atoms with E-state index in [0.717, 1.165) is 52.1 Å². The van der Waals surface area contributed by atoms with Crippen molar-refractivity contribution in [1.82, 2.24) is 0 Å². The molecular weight excluding hydrogens is 612 g/mol. The highest BCUT2D eigenvalue weighted by atomic mass is 79.9. The van der Waals surface area contributed by atoms with Gasteiger partial charge in [-0.2, -0.15) is 0 Å². The van der Waals surface area contributed by atoms with Crippen LogP contribution < -0.4 is 0 Å². The Bertz CT molecular complexity index is 1030. The second-order valence-corrected chi connectivity index (χ2v) is 15.4. The highest BCUT2D eigenvalue weighted by molar-refractivity contribution is 9.11. The monoisotopic (exact) mass is 644 g/mol. The number of fused-ring (bicyclic) bond motifs is 1. The molecule has 0 saturated heterocycles. The van der Waals surface area contributed by atoms with E-state index in [0.29, 0.717) is 0 Å². The molecule has 34 heavy (non-hydrogen) atoms. The van der Waals surface area contributed by atoms with Gasteiger partial charge >= 0.3 is 0 Å². The van der Waals surface area contributed by atoms with Gasteiger partial charge in [-0.1, -0.05) is 26.7 Å². The van der Waals surface area contributed by atoms with E-state index in [-0.39, 0.29) is 5.41 Å². The van der Waals surface area contributed by atoms with Gasteiger partial charge < -0.3 is 9.47 Å². The van der Waals surface area contributed by atoms with E-state index in [1.807, 2.05) is 34.0 Å². The predicted molar refractivity (Wildman–Crippen MR) is 157 cm³/mol. The Labute approximate surface area is 233 Å². The van der Waals surface area contributed by atoms with Crippen LogP contribution in [0.4, 0.5) is 0 Å². The molecule has 3 aromatic heterocycles. The van der Waals surface area contributed by atoms with E-state index in [4.69, 9.17) is 9.47 Å². The fourth-order valence-corrected chi connectivity index (χ4v) is 9.95. The smallest absolute Gasteiger partial charge is 0.0708 e. The van der Waals surface area contributed by atoms with Crippen LogP contribution in [-0.2, 0) is 22.3 Å². The zero-order valence-electron chi connectivity index (χ0n) is 20.5. The Morgan fingerprint density at radius 1 is 0.735 bits per heavy atom. The molecule has 0 spiro atoms. The molecule has 0 aliphatic heterocycles. The number of hydrogen-bond donors (Lipinski definition) is 0. The molecule has 0 saturated carbocycles. The van der Waals surface area contributed by atoms with Gasteiger partial charge in [-0.3, -0.25) is 0 Å². The van der Waals surface area contributed by atoms with Crippen LogP contribution in [0.1, 0.15) is 61.8 Å². The van der Waals surface area contributed by atoms with Crippen molar-refractivity contribution in [3.63, 3.8) is 0 Å². The molecule has 0 fully saturated rings. The molecule has 2 nitrogen and oxygen atoms in total. The third-order valence-electron chi connectivity index (χ3n) is 6.51. The maximum atomic E-state index is 6.28. The topological polar surface area (TPSA) is 18.5 Å². The van der Waals surface area contributed by atoms with E-state index in [9.17, 15) is 0 Å². The van der Waals surface area contributed by atoms with Crippen molar-refractivity contribution in [3.8, 4) is 19.5 Å². The summed E-state index contributed by atoms with van der Waals surface area (Å²) in [6, 6.07) is 4.51. The lowest BCUT2D eigenvalue weighted by Gasteiger charge is -2.29. The zero-order valence-corrected chi connectivity index (χ0v) is 26.1. The number of aryl methyl sites for hydroxylation is 2. The summed E-state index contributed by atoms with van der Waals surface area (Å²) in [4.78, 5) is 5.71. The van der Waals surface area contributed by atoms with Crippen molar-refractivity contribution in [3.05, 3.63) is 42.0 Å². The summed E-state index contributed by atoms with van der Waals surface area (Å²) in [5.41, 5.74) is 5.79. The summed E-state index contributed by atoms with van der Waals surface area (Å²) in [7, 11) is 0. The first-order valence-electron chi connectivity index (χ1n) is 12.2. The van der Waals surface area contributed by atoms with Crippen LogP contribution in [0.3, 0.4) is 0 Å². The lowest BCUT2D eigenvalue weighted by molar-refractivity contribution is -0.0187. The van der Waals surface area contributed by atoms with E-state index in [1.54, 1.807) is 0 Å². The maximum absolute atomic E-state index is 6.28. The van der Waals surface area contributed by atoms with Crippen LogP contribution in [0.2, 0.25) is 0 Å². The fourth-order valence-electron chi connectivity index (χ4n) is 4.71. The van der Waals surface area contributed by atoms with Gasteiger partial charge in [-0.05, 0) is 106 Å². The zero-order chi connectivity index (χ0) is 24.3. The molecule has 0 aromatic carbocycles. The van der Waals surface area contributed by atoms with Crippen LogP contribution >= 0.6 is 65.9 Å². The first-order chi connectivity index (χ1) is 16.4. The van der Waals surface area contributed by atoms with Gasteiger partial charge in [0, 0.05) is 38.1 Å². The van der Waals surface area contributed by atoms with Gasteiger partial charge in [-0.25, -0.2) is 0 Å². The van der Waals surface area contributed by atoms with E-state index in [1.165, 1.54) is 62.2 Å². The van der Waals surface area contributed by atoms with Crippen LogP contribution in [0.5, 0.6) is 0 Å². The molecule has 0 bridgehead atoms. The van der Waals surface area contributed by atoms with E-state index < -0.39 is 0 Å². The predicted octanol–water partition coefficient (Wildman–Crippen LogP) is 10.1. The lowest BCUT2D eigenvalue weighted by Crippen LogP contribution is -2.34. The second kappa shape index (κ2) is 12.0. The summed E-state index contributed by atoms with van der Waals surface area (Å²) in [5.74, 6) is 0. The van der Waals surface area contributed by atoms with Crippen LogP contribution in [0, 0.1) is 19.3 Å². The number of rotatable bonds is 12. The third-order valence-corrected chi connectivity index (χ3v) is 11.6. The first kappa shape index (κ1) is 27.0. The molecular formula is C27H34Br2O2S3. The van der Waals surface area contributed by atoms with Crippen LogP contribution in [-0.4, -0.2) is 26.4 Å². The minimum atomic E-state index is 0.0222. The second-order valence-electron chi connectivity index (χ2n) is 9.51. The SMILES string of the molecule is CCCCOCC1(COCCCC)Cc2c(-c3sc(Br)cc3C)sc(-c3sc(Br)cc3C)c2C1. The minimum Gasteiger partial charge on any atom is -0.381 e. The Hall–Kier alpha value is -0.0200. The normalized spacial score (nSPS) is 14.8. The molecule has 3 heterocycles. The first-order valence-corrected chi connectivity index (χ1v) is 16.2. The minimum absolute atomic E-state index is 0.0222. The van der Waals surface area contributed by atoms with Crippen molar-refractivity contribution in [2.45, 2.75) is 66.2 Å². The van der Waals surface area contributed by atoms with Gasteiger partial charge in [0.1, 0.15) is 0 Å². The summed E-state index contributed by atoms with van der Waals surface area (Å²) in [6.45, 7) is 12.2.